The zero-order valence-electron chi connectivity index (χ0n) is 15.1. The molecule has 0 atom stereocenters. The second-order valence-corrected chi connectivity index (χ2v) is 7.81. The first kappa shape index (κ1) is 17.7. The van der Waals surface area contributed by atoms with Crippen LogP contribution in [0.3, 0.4) is 0 Å². The summed E-state index contributed by atoms with van der Waals surface area (Å²) in [4.78, 5) is 23.7. The molecule has 1 aliphatic heterocycles. The van der Waals surface area contributed by atoms with E-state index in [1.807, 2.05) is 19.9 Å². The van der Waals surface area contributed by atoms with Crippen LogP contribution in [-0.4, -0.2) is 39.2 Å². The van der Waals surface area contributed by atoms with Gasteiger partial charge < -0.3 is 10.2 Å². The Morgan fingerprint density at radius 3 is 2.40 bits per heavy atom. The normalized spacial score (nSPS) is 15.6. The van der Waals surface area contributed by atoms with Crippen molar-refractivity contribution >= 4 is 28.3 Å². The zero-order valence-corrected chi connectivity index (χ0v) is 15.9. The third-order valence-electron chi connectivity index (χ3n) is 4.28. The standard InChI is InChI=1S/C17H24N6OS/c1-10(2)15-21-22-17(25-15)20-14(24)13-5-7-23(8-6-13)16-18-11(3)9-12(4)19-16/h9-10,13H,5-8H2,1-4H3,(H,20,22,24). The highest BCUT2D eigenvalue weighted by Crippen LogP contribution is 2.25. The van der Waals surface area contributed by atoms with Gasteiger partial charge >= 0.3 is 0 Å². The molecular weight excluding hydrogens is 336 g/mol. The third kappa shape index (κ3) is 4.31. The fraction of sp³-hybridized carbons (Fsp3) is 0.588. The predicted octanol–water partition coefficient (Wildman–Crippen LogP) is 2.92. The molecule has 1 saturated heterocycles. The van der Waals surface area contributed by atoms with Gasteiger partial charge in [0.15, 0.2) is 0 Å². The molecule has 0 unspecified atom stereocenters. The van der Waals surface area contributed by atoms with Crippen molar-refractivity contribution in [3.8, 4) is 0 Å². The fourth-order valence-corrected chi connectivity index (χ4v) is 3.67. The van der Waals surface area contributed by atoms with Crippen molar-refractivity contribution < 1.29 is 4.79 Å². The van der Waals surface area contributed by atoms with Crippen molar-refractivity contribution in [2.45, 2.75) is 46.5 Å². The maximum Gasteiger partial charge on any atom is 0.229 e. The fourth-order valence-electron chi connectivity index (χ4n) is 2.92. The number of amides is 1. The van der Waals surface area contributed by atoms with Crippen molar-refractivity contribution in [3.05, 3.63) is 22.5 Å². The molecule has 1 amide bonds. The molecule has 3 rings (SSSR count). The Morgan fingerprint density at radius 2 is 1.84 bits per heavy atom. The van der Waals surface area contributed by atoms with Gasteiger partial charge in [-0.1, -0.05) is 25.2 Å². The molecule has 2 aromatic rings. The van der Waals surface area contributed by atoms with Crippen LogP contribution in [0, 0.1) is 19.8 Å². The number of nitrogens with zero attached hydrogens (tertiary/aromatic N) is 5. The van der Waals surface area contributed by atoms with Gasteiger partial charge in [0.2, 0.25) is 17.0 Å². The van der Waals surface area contributed by atoms with Crippen LogP contribution >= 0.6 is 11.3 Å². The number of piperidine rings is 1. The summed E-state index contributed by atoms with van der Waals surface area (Å²) in [6.07, 6.45) is 1.58. The molecule has 0 radical (unpaired) electrons. The highest BCUT2D eigenvalue weighted by Gasteiger charge is 2.27. The largest absolute Gasteiger partial charge is 0.341 e. The van der Waals surface area contributed by atoms with Crippen LogP contribution in [-0.2, 0) is 4.79 Å². The highest BCUT2D eigenvalue weighted by atomic mass is 32.1. The van der Waals surface area contributed by atoms with Crippen molar-refractivity contribution in [2.24, 2.45) is 5.92 Å². The van der Waals surface area contributed by atoms with E-state index >= 15 is 0 Å². The number of aromatic nitrogens is 4. The van der Waals surface area contributed by atoms with Crippen molar-refractivity contribution in [1.82, 2.24) is 20.2 Å². The molecule has 134 valence electrons. The van der Waals surface area contributed by atoms with Gasteiger partial charge in [-0.05, 0) is 32.8 Å². The Bertz CT molecular complexity index is 731. The Morgan fingerprint density at radius 1 is 1.20 bits per heavy atom. The minimum Gasteiger partial charge on any atom is -0.341 e. The minimum absolute atomic E-state index is 0.00597. The first-order valence-corrected chi connectivity index (χ1v) is 9.45. The van der Waals surface area contributed by atoms with Gasteiger partial charge in [0.05, 0.1) is 0 Å². The second-order valence-electron chi connectivity index (χ2n) is 6.80. The van der Waals surface area contributed by atoms with E-state index in [0.717, 1.165) is 48.3 Å². The molecule has 0 aromatic carbocycles. The highest BCUT2D eigenvalue weighted by molar-refractivity contribution is 7.15. The van der Waals surface area contributed by atoms with E-state index < -0.39 is 0 Å². The number of rotatable bonds is 4. The van der Waals surface area contributed by atoms with E-state index in [2.05, 4.69) is 44.2 Å². The van der Waals surface area contributed by atoms with E-state index in [4.69, 9.17) is 0 Å². The van der Waals surface area contributed by atoms with Crippen LogP contribution in [0.5, 0.6) is 0 Å². The lowest BCUT2D eigenvalue weighted by molar-refractivity contribution is -0.120. The molecule has 7 nitrogen and oxygen atoms in total. The molecule has 1 aliphatic rings. The summed E-state index contributed by atoms with van der Waals surface area (Å²) < 4.78 is 0. The van der Waals surface area contributed by atoms with Gasteiger partial charge in [-0.2, -0.15) is 0 Å². The van der Waals surface area contributed by atoms with Gasteiger partial charge in [0.25, 0.3) is 0 Å². The summed E-state index contributed by atoms with van der Waals surface area (Å²) in [5, 5.41) is 12.6. The molecule has 0 aliphatic carbocycles. The van der Waals surface area contributed by atoms with E-state index in [0.29, 0.717) is 11.0 Å². The summed E-state index contributed by atoms with van der Waals surface area (Å²) in [6, 6.07) is 1.97. The predicted molar refractivity (Wildman–Crippen MR) is 99.1 cm³/mol. The Balaban J connectivity index is 1.56. The molecule has 1 N–H and O–H groups in total. The number of nitrogens with one attached hydrogen (secondary N) is 1. The van der Waals surface area contributed by atoms with Gasteiger partial charge in [0, 0.05) is 36.3 Å². The molecule has 8 heteroatoms. The molecular formula is C17H24N6OS. The van der Waals surface area contributed by atoms with Crippen LogP contribution in [0.25, 0.3) is 0 Å². The van der Waals surface area contributed by atoms with Gasteiger partial charge in [-0.25, -0.2) is 9.97 Å². The quantitative estimate of drug-likeness (QED) is 0.902. The van der Waals surface area contributed by atoms with Crippen LogP contribution in [0.15, 0.2) is 6.07 Å². The third-order valence-corrected chi connectivity index (χ3v) is 5.42. The monoisotopic (exact) mass is 360 g/mol. The van der Waals surface area contributed by atoms with Gasteiger partial charge in [-0.3, -0.25) is 4.79 Å². The minimum atomic E-state index is -0.00597. The number of carbonyl (C=O) groups excluding carboxylic acids is 1. The molecule has 3 heterocycles. The molecule has 1 fully saturated rings. The number of hydrogen-bond acceptors (Lipinski definition) is 7. The topological polar surface area (TPSA) is 83.9 Å². The lowest BCUT2D eigenvalue weighted by Crippen LogP contribution is -2.39. The summed E-state index contributed by atoms with van der Waals surface area (Å²) in [5.41, 5.74) is 1.94. The summed E-state index contributed by atoms with van der Waals surface area (Å²) in [6.45, 7) is 9.66. The smallest absolute Gasteiger partial charge is 0.229 e. The van der Waals surface area contributed by atoms with E-state index in [-0.39, 0.29) is 11.8 Å². The van der Waals surface area contributed by atoms with Crippen LogP contribution < -0.4 is 10.2 Å². The van der Waals surface area contributed by atoms with E-state index in [1.54, 1.807) is 0 Å². The number of anilines is 2. The van der Waals surface area contributed by atoms with Crippen molar-refractivity contribution in [1.29, 1.82) is 0 Å². The lowest BCUT2D eigenvalue weighted by atomic mass is 9.96. The molecule has 25 heavy (non-hydrogen) atoms. The molecule has 0 saturated carbocycles. The first-order valence-electron chi connectivity index (χ1n) is 8.64. The Hall–Kier alpha value is -2.09. The molecule has 2 aromatic heterocycles. The summed E-state index contributed by atoms with van der Waals surface area (Å²) >= 11 is 1.45. The van der Waals surface area contributed by atoms with E-state index in [9.17, 15) is 4.79 Å². The Kier molecular flexibility index (Phi) is 5.27. The lowest BCUT2D eigenvalue weighted by Gasteiger charge is -2.31. The summed E-state index contributed by atoms with van der Waals surface area (Å²) in [7, 11) is 0. The van der Waals surface area contributed by atoms with Gasteiger partial charge in [0.1, 0.15) is 5.01 Å². The SMILES string of the molecule is Cc1cc(C)nc(N2CCC(C(=O)Nc3nnc(C(C)C)s3)CC2)n1. The van der Waals surface area contributed by atoms with Crippen molar-refractivity contribution in [2.75, 3.05) is 23.3 Å². The maximum atomic E-state index is 12.5. The number of hydrogen-bond donors (Lipinski definition) is 1. The number of aryl methyl sites for hydroxylation is 2. The average molecular weight is 360 g/mol. The zero-order chi connectivity index (χ0) is 18.0. The summed E-state index contributed by atoms with van der Waals surface area (Å²) in [5.74, 6) is 1.12. The molecule has 0 spiro atoms. The van der Waals surface area contributed by atoms with Crippen molar-refractivity contribution in [3.63, 3.8) is 0 Å². The van der Waals surface area contributed by atoms with Crippen LogP contribution in [0.2, 0.25) is 0 Å². The molecule has 0 bridgehead atoms. The Labute approximate surface area is 151 Å². The first-order chi connectivity index (χ1) is 11.9. The van der Waals surface area contributed by atoms with Crippen LogP contribution in [0.4, 0.5) is 11.1 Å². The maximum absolute atomic E-state index is 12.5. The number of carbonyl (C=O) groups is 1. The van der Waals surface area contributed by atoms with Gasteiger partial charge in [-0.15, -0.1) is 10.2 Å². The second kappa shape index (κ2) is 7.43. The van der Waals surface area contributed by atoms with Crippen LogP contribution in [0.1, 0.15) is 49.0 Å². The average Bonchev–Trinajstić information content (AvgIpc) is 3.03. The van der Waals surface area contributed by atoms with E-state index in [1.165, 1.54) is 11.3 Å².